The third-order valence-corrected chi connectivity index (χ3v) is 6.30. The van der Waals surface area contributed by atoms with Crippen LogP contribution in [0.25, 0.3) is 17.1 Å². The number of benzene rings is 3. The van der Waals surface area contributed by atoms with Crippen molar-refractivity contribution < 1.29 is 18.7 Å². The molecule has 39 heavy (non-hydrogen) atoms. The maximum atomic E-state index is 12.6. The van der Waals surface area contributed by atoms with Gasteiger partial charge in [-0.15, -0.1) is 0 Å². The van der Waals surface area contributed by atoms with E-state index in [0.717, 1.165) is 39.6 Å². The van der Waals surface area contributed by atoms with Crippen molar-refractivity contribution in [3.63, 3.8) is 0 Å². The summed E-state index contributed by atoms with van der Waals surface area (Å²) in [6, 6.07) is 27.8. The molecule has 0 saturated heterocycles. The van der Waals surface area contributed by atoms with Crippen molar-refractivity contribution >= 4 is 5.97 Å². The Morgan fingerprint density at radius 3 is 2.31 bits per heavy atom. The van der Waals surface area contributed by atoms with Gasteiger partial charge in [-0.05, 0) is 67.8 Å². The van der Waals surface area contributed by atoms with Gasteiger partial charge in [-0.2, -0.15) is 0 Å². The number of carbonyl (C=O) groups is 1. The van der Waals surface area contributed by atoms with Gasteiger partial charge in [0.15, 0.2) is 0 Å². The van der Waals surface area contributed by atoms with Crippen LogP contribution in [0, 0.1) is 6.92 Å². The Kier molecular flexibility index (Phi) is 9.00. The highest BCUT2D eigenvalue weighted by atomic mass is 16.5. The van der Waals surface area contributed by atoms with Gasteiger partial charge >= 0.3 is 5.97 Å². The lowest BCUT2D eigenvalue weighted by Gasteiger charge is -2.07. The quantitative estimate of drug-likeness (QED) is 0.178. The predicted molar refractivity (Wildman–Crippen MR) is 154 cm³/mol. The topological polar surface area (TPSA) is 66.5 Å². The van der Waals surface area contributed by atoms with Crippen LogP contribution in [0.5, 0.6) is 5.75 Å². The lowest BCUT2D eigenvalue weighted by atomic mass is 10.0. The van der Waals surface area contributed by atoms with Gasteiger partial charge < -0.3 is 18.5 Å². The lowest BCUT2D eigenvalue weighted by Crippen LogP contribution is -2.06. The summed E-state index contributed by atoms with van der Waals surface area (Å²) in [5.74, 6) is 1.91. The number of aryl methyl sites for hydroxylation is 1. The van der Waals surface area contributed by atoms with Gasteiger partial charge in [0.25, 0.3) is 0 Å². The molecular weight excluding hydrogens is 488 g/mol. The minimum Gasteiger partial charge on any atom is -0.493 e. The summed E-state index contributed by atoms with van der Waals surface area (Å²) in [6.07, 6.45) is 5.10. The Morgan fingerprint density at radius 1 is 0.923 bits per heavy atom. The number of esters is 1. The zero-order valence-electron chi connectivity index (χ0n) is 21.6. The number of para-hydroxylation sites is 1. The van der Waals surface area contributed by atoms with E-state index in [0.29, 0.717) is 37.5 Å². The van der Waals surface area contributed by atoms with E-state index in [1.807, 2.05) is 116 Å². The summed E-state index contributed by atoms with van der Waals surface area (Å²) in [5, 5.41) is 0. The number of oxazole rings is 1. The third-order valence-electron chi connectivity index (χ3n) is 6.30. The second kappa shape index (κ2) is 12.8. The van der Waals surface area contributed by atoms with Crippen molar-refractivity contribution in [2.24, 2.45) is 0 Å². The molecule has 0 N–H and O–H groups in total. The fraction of sp³-hybridized carbons (Fsp3) is 0.212. The number of carbonyl (C=O) groups excluding carboxylic acids is 1. The Balaban J connectivity index is 0.00000353. The molecule has 0 amide bonds. The molecule has 6 heteroatoms. The normalized spacial score (nSPS) is 10.6. The number of hydrogen-bond donors (Lipinski definition) is 0. The molecule has 0 aliphatic rings. The largest absolute Gasteiger partial charge is 0.493 e. The van der Waals surface area contributed by atoms with Crippen molar-refractivity contribution in [2.75, 3.05) is 13.2 Å². The number of aromatic nitrogens is 2. The summed E-state index contributed by atoms with van der Waals surface area (Å²) < 4.78 is 19.1. The molecule has 2 aromatic heterocycles. The van der Waals surface area contributed by atoms with Crippen LogP contribution < -0.4 is 4.74 Å². The average molecular weight is 523 g/mol. The van der Waals surface area contributed by atoms with Crippen LogP contribution in [-0.2, 0) is 17.6 Å². The first kappa shape index (κ1) is 27.5. The Bertz CT molecular complexity index is 1490. The van der Waals surface area contributed by atoms with Crippen LogP contribution in [0.3, 0.4) is 0 Å². The molecule has 0 aliphatic heterocycles. The first-order chi connectivity index (χ1) is 18.6. The van der Waals surface area contributed by atoms with E-state index in [2.05, 4.69) is 4.98 Å². The van der Waals surface area contributed by atoms with E-state index in [-0.39, 0.29) is 13.4 Å². The minimum absolute atomic E-state index is 0. The molecule has 0 radical (unpaired) electrons. The second-order valence-electron chi connectivity index (χ2n) is 8.97. The van der Waals surface area contributed by atoms with Crippen LogP contribution >= 0.6 is 0 Å². The van der Waals surface area contributed by atoms with Gasteiger partial charge in [0.05, 0.1) is 24.5 Å². The van der Waals surface area contributed by atoms with E-state index in [9.17, 15) is 4.79 Å². The van der Waals surface area contributed by atoms with E-state index in [1.165, 1.54) is 0 Å². The molecule has 0 unspecified atom stereocenters. The number of hydrogen-bond acceptors (Lipinski definition) is 5. The van der Waals surface area contributed by atoms with Crippen LogP contribution in [0.2, 0.25) is 0 Å². The van der Waals surface area contributed by atoms with E-state index >= 15 is 0 Å². The van der Waals surface area contributed by atoms with Crippen molar-refractivity contribution in [2.45, 2.75) is 34.1 Å². The zero-order chi connectivity index (χ0) is 26.3. The SMILES string of the molecule is C.CCOC(=O)c1cn(-c2ccccc2)cc1Cc1ccc(OCCc2nc(-c3ccccc3)oc2C)cc1. The molecule has 5 rings (SSSR count). The zero-order valence-corrected chi connectivity index (χ0v) is 21.6. The van der Waals surface area contributed by atoms with Crippen molar-refractivity contribution in [3.8, 4) is 22.9 Å². The van der Waals surface area contributed by atoms with Crippen LogP contribution in [0.15, 0.2) is 102 Å². The molecule has 0 atom stereocenters. The van der Waals surface area contributed by atoms with Gasteiger partial charge in [-0.3, -0.25) is 0 Å². The fourth-order valence-corrected chi connectivity index (χ4v) is 4.33. The number of rotatable bonds is 10. The van der Waals surface area contributed by atoms with Crippen molar-refractivity contribution in [3.05, 3.63) is 125 Å². The van der Waals surface area contributed by atoms with Crippen molar-refractivity contribution in [1.82, 2.24) is 9.55 Å². The minimum atomic E-state index is -0.310. The van der Waals surface area contributed by atoms with E-state index in [1.54, 1.807) is 0 Å². The van der Waals surface area contributed by atoms with Crippen LogP contribution in [0.4, 0.5) is 0 Å². The highest BCUT2D eigenvalue weighted by molar-refractivity contribution is 5.91. The van der Waals surface area contributed by atoms with E-state index in [4.69, 9.17) is 13.9 Å². The van der Waals surface area contributed by atoms with Gasteiger partial charge in [0.1, 0.15) is 11.5 Å². The fourth-order valence-electron chi connectivity index (χ4n) is 4.33. The average Bonchev–Trinajstić information content (AvgIpc) is 3.54. The molecule has 0 fully saturated rings. The van der Waals surface area contributed by atoms with E-state index < -0.39 is 0 Å². The Hall–Kier alpha value is -4.58. The molecule has 3 aromatic carbocycles. The Morgan fingerprint density at radius 2 is 1.62 bits per heavy atom. The molecule has 0 saturated carbocycles. The lowest BCUT2D eigenvalue weighted by molar-refractivity contribution is 0.0525. The van der Waals surface area contributed by atoms with Crippen LogP contribution in [0.1, 0.15) is 47.3 Å². The summed E-state index contributed by atoms with van der Waals surface area (Å²) in [7, 11) is 0. The second-order valence-corrected chi connectivity index (χ2v) is 8.97. The highest BCUT2D eigenvalue weighted by Gasteiger charge is 2.17. The number of nitrogens with zero attached hydrogens (tertiary/aromatic N) is 2. The first-order valence-corrected chi connectivity index (χ1v) is 12.8. The number of ether oxygens (including phenoxy) is 2. The molecule has 0 spiro atoms. The van der Waals surface area contributed by atoms with Gasteiger partial charge in [0.2, 0.25) is 5.89 Å². The van der Waals surface area contributed by atoms with Crippen LogP contribution in [-0.4, -0.2) is 28.7 Å². The monoisotopic (exact) mass is 522 g/mol. The molecule has 0 aliphatic carbocycles. The van der Waals surface area contributed by atoms with Gasteiger partial charge in [-0.25, -0.2) is 9.78 Å². The maximum Gasteiger partial charge on any atom is 0.339 e. The van der Waals surface area contributed by atoms with Gasteiger partial charge in [-0.1, -0.05) is 56.0 Å². The third kappa shape index (κ3) is 6.65. The summed E-state index contributed by atoms with van der Waals surface area (Å²) in [4.78, 5) is 17.3. The molecule has 6 nitrogen and oxygen atoms in total. The van der Waals surface area contributed by atoms with Gasteiger partial charge in [0, 0.05) is 30.1 Å². The smallest absolute Gasteiger partial charge is 0.339 e. The maximum absolute atomic E-state index is 12.6. The predicted octanol–water partition coefficient (Wildman–Crippen LogP) is 7.47. The summed E-state index contributed by atoms with van der Waals surface area (Å²) in [5.41, 5.74) is 5.42. The highest BCUT2D eigenvalue weighted by Crippen LogP contribution is 2.24. The molecule has 200 valence electrons. The molecule has 0 bridgehead atoms. The molecule has 2 heterocycles. The molecule has 5 aromatic rings. The summed E-state index contributed by atoms with van der Waals surface area (Å²) in [6.45, 7) is 4.58. The standard InChI is InChI=1S/C32H30N2O4.CH4/c1-3-36-32(35)29-22-34(27-12-8-5-9-13-27)21-26(29)20-24-14-16-28(17-15-24)37-19-18-30-23(2)38-31(33-30)25-10-6-4-7-11-25;/h4-17,21-22H,3,18-20H2,1-2H3;1H4. The first-order valence-electron chi connectivity index (χ1n) is 12.8. The Labute approximate surface area is 229 Å². The molecular formula is C33H34N2O4. The summed E-state index contributed by atoms with van der Waals surface area (Å²) >= 11 is 0. The van der Waals surface area contributed by atoms with Crippen molar-refractivity contribution in [1.29, 1.82) is 0 Å².